The maximum atomic E-state index is 14.4. The molecule has 1 saturated carbocycles. The molecule has 140 valence electrons. The molecule has 0 radical (unpaired) electrons. The predicted octanol–water partition coefficient (Wildman–Crippen LogP) is 2.61. The molecule has 0 bridgehead atoms. The molecular weight excluding hydrogens is 351 g/mol. The lowest BCUT2D eigenvalue weighted by Gasteiger charge is -2.27. The van der Waals surface area contributed by atoms with Crippen LogP contribution in [0.4, 0.5) is 4.39 Å². The molecule has 5 nitrogen and oxygen atoms in total. The third-order valence-electron chi connectivity index (χ3n) is 5.45. The van der Waals surface area contributed by atoms with Gasteiger partial charge in [-0.3, -0.25) is 9.79 Å². The number of hydrogen-bond donors (Lipinski definition) is 2. The Morgan fingerprint density at radius 1 is 1.23 bits per heavy atom. The van der Waals surface area contributed by atoms with Gasteiger partial charge in [0, 0.05) is 11.8 Å². The number of halogens is 1. The number of carbonyl (C=O) groups excluding carboxylic acids is 1. The summed E-state index contributed by atoms with van der Waals surface area (Å²) < 4.78 is 14.4. The van der Waals surface area contributed by atoms with E-state index in [4.69, 9.17) is 0 Å². The van der Waals surface area contributed by atoms with Crippen molar-refractivity contribution in [2.45, 2.75) is 37.4 Å². The Morgan fingerprint density at radius 2 is 2.04 bits per heavy atom. The molecule has 0 aromatic heterocycles. The first kappa shape index (κ1) is 17.9. The molecule has 2 heterocycles. The monoisotopic (exact) mass is 376 g/mol. The number of aliphatic imine (C=N–C) groups is 2. The van der Waals surface area contributed by atoms with Crippen molar-refractivity contribution in [3.05, 3.63) is 23.7 Å². The Labute approximate surface area is 157 Å². The second kappa shape index (κ2) is 8.05. The Hall–Kier alpha value is -1.47. The molecule has 1 unspecified atom stereocenters. The molecule has 2 N–H and O–H groups in total. The van der Waals surface area contributed by atoms with Crippen LogP contribution >= 0.6 is 11.8 Å². The highest BCUT2D eigenvalue weighted by molar-refractivity contribution is 8.00. The summed E-state index contributed by atoms with van der Waals surface area (Å²) in [7, 11) is 0. The minimum absolute atomic E-state index is 0.320. The highest BCUT2D eigenvalue weighted by Gasteiger charge is 2.35. The van der Waals surface area contributed by atoms with Crippen molar-refractivity contribution in [1.82, 2.24) is 10.6 Å². The fraction of sp³-hybridized carbons (Fsp3) is 0.632. The highest BCUT2D eigenvalue weighted by atomic mass is 32.2. The molecule has 0 aromatic carbocycles. The molecule has 4 rings (SSSR count). The second-order valence-electron chi connectivity index (χ2n) is 7.40. The van der Waals surface area contributed by atoms with Crippen LogP contribution in [0, 0.1) is 11.8 Å². The van der Waals surface area contributed by atoms with E-state index in [-0.39, 0.29) is 5.91 Å². The molecule has 0 spiro atoms. The molecule has 1 amide bonds. The Morgan fingerprint density at radius 3 is 2.77 bits per heavy atom. The van der Waals surface area contributed by atoms with Gasteiger partial charge < -0.3 is 10.6 Å². The largest absolute Gasteiger partial charge is 0.317 e. The fourth-order valence-electron chi connectivity index (χ4n) is 3.63. The maximum Gasteiger partial charge on any atom is 0.241 e. The Bertz CT molecular complexity index is 690. The summed E-state index contributed by atoms with van der Waals surface area (Å²) in [5.41, 5.74) is 1.09. The average molecular weight is 377 g/mol. The summed E-state index contributed by atoms with van der Waals surface area (Å²) in [6, 6.07) is 0. The van der Waals surface area contributed by atoms with Gasteiger partial charge in [-0.25, -0.2) is 9.38 Å². The first-order chi connectivity index (χ1) is 12.7. The lowest BCUT2D eigenvalue weighted by molar-refractivity contribution is -0.122. The molecule has 2 fully saturated rings. The molecule has 7 heteroatoms. The summed E-state index contributed by atoms with van der Waals surface area (Å²) in [4.78, 5) is 21.4. The van der Waals surface area contributed by atoms with Crippen LogP contribution in [0.15, 0.2) is 33.7 Å². The highest BCUT2D eigenvalue weighted by Crippen LogP contribution is 2.31. The summed E-state index contributed by atoms with van der Waals surface area (Å²) >= 11 is 1.82. The van der Waals surface area contributed by atoms with Crippen LogP contribution in [-0.2, 0) is 4.79 Å². The molecule has 4 aliphatic rings. The van der Waals surface area contributed by atoms with Gasteiger partial charge in [0.05, 0.1) is 17.2 Å². The number of nitrogens with zero attached hydrogens (tertiary/aromatic N) is 2. The van der Waals surface area contributed by atoms with Crippen LogP contribution in [-0.4, -0.2) is 48.1 Å². The van der Waals surface area contributed by atoms with Gasteiger partial charge in [-0.2, -0.15) is 11.8 Å². The molecule has 1 atom stereocenters. The minimum atomic E-state index is -0.912. The van der Waals surface area contributed by atoms with E-state index < -0.39 is 11.7 Å². The van der Waals surface area contributed by atoms with Crippen molar-refractivity contribution in [3.63, 3.8) is 0 Å². The molecule has 26 heavy (non-hydrogen) atoms. The Kier molecular flexibility index (Phi) is 5.55. The molecule has 0 aromatic rings. The van der Waals surface area contributed by atoms with Crippen molar-refractivity contribution in [3.8, 4) is 0 Å². The lowest BCUT2D eigenvalue weighted by atomic mass is 9.85. The fourth-order valence-corrected chi connectivity index (χ4v) is 4.72. The van der Waals surface area contributed by atoms with Gasteiger partial charge >= 0.3 is 0 Å². The van der Waals surface area contributed by atoms with Crippen molar-refractivity contribution in [2.75, 3.05) is 25.4 Å². The van der Waals surface area contributed by atoms with Gasteiger partial charge in [0.2, 0.25) is 5.91 Å². The third kappa shape index (κ3) is 4.09. The second-order valence-corrected chi connectivity index (χ2v) is 8.69. The third-order valence-corrected chi connectivity index (χ3v) is 6.83. The number of rotatable bonds is 5. The van der Waals surface area contributed by atoms with E-state index in [0.29, 0.717) is 34.2 Å². The standard InChI is InChI=1S/C19H25FN4OS/c20-15-8-13(22-10-12-2-1-3-12)9-16-18(15)19(25)24-17(23-16)11-26-14-4-6-21-7-5-14/h8-9,12,14,18,21H,1-7,10-11H2,(H,23,24,25). The maximum absolute atomic E-state index is 14.4. The molecule has 2 aliphatic heterocycles. The number of carbonyl (C=O) groups is 1. The molecule has 2 aliphatic carbocycles. The van der Waals surface area contributed by atoms with Gasteiger partial charge in [-0.1, -0.05) is 6.42 Å². The van der Waals surface area contributed by atoms with Gasteiger partial charge in [-0.05, 0) is 56.8 Å². The summed E-state index contributed by atoms with van der Waals surface area (Å²) in [6.45, 7) is 2.82. The predicted molar refractivity (Wildman–Crippen MR) is 104 cm³/mol. The zero-order valence-corrected chi connectivity index (χ0v) is 15.7. The lowest BCUT2D eigenvalue weighted by Crippen LogP contribution is -2.43. The van der Waals surface area contributed by atoms with Gasteiger partial charge in [0.15, 0.2) is 0 Å². The SMILES string of the molecule is O=C1NC(CSC2CCNCC2)=NC2=CC(=NCC3CCC3)C=C(F)C12. The molecule has 1 saturated heterocycles. The quantitative estimate of drug-likeness (QED) is 0.775. The summed E-state index contributed by atoms with van der Waals surface area (Å²) in [5.74, 6) is 0.227. The summed E-state index contributed by atoms with van der Waals surface area (Å²) in [6.07, 6.45) is 9.11. The van der Waals surface area contributed by atoms with Gasteiger partial charge in [-0.15, -0.1) is 0 Å². The summed E-state index contributed by atoms with van der Waals surface area (Å²) in [5, 5.41) is 6.72. The first-order valence-corrected chi connectivity index (χ1v) is 10.6. The first-order valence-electron chi connectivity index (χ1n) is 9.53. The van der Waals surface area contributed by atoms with Gasteiger partial charge in [0.25, 0.3) is 0 Å². The number of fused-ring (bicyclic) bond motifs is 1. The number of hydrogen-bond acceptors (Lipinski definition) is 5. The van der Waals surface area contributed by atoms with Crippen molar-refractivity contribution < 1.29 is 9.18 Å². The van der Waals surface area contributed by atoms with E-state index in [1.807, 2.05) is 11.8 Å². The van der Waals surface area contributed by atoms with Crippen LogP contribution in [0.25, 0.3) is 0 Å². The average Bonchev–Trinajstić information content (AvgIpc) is 2.59. The van der Waals surface area contributed by atoms with E-state index in [2.05, 4.69) is 20.6 Å². The van der Waals surface area contributed by atoms with E-state index >= 15 is 0 Å². The normalized spacial score (nSPS) is 28.7. The van der Waals surface area contributed by atoms with Crippen LogP contribution in [0.1, 0.15) is 32.1 Å². The zero-order valence-electron chi connectivity index (χ0n) is 14.8. The number of piperidine rings is 1. The van der Waals surface area contributed by atoms with E-state index in [9.17, 15) is 9.18 Å². The number of amidine groups is 1. The number of amides is 1. The van der Waals surface area contributed by atoms with Gasteiger partial charge in [0.1, 0.15) is 17.6 Å². The number of allylic oxidation sites excluding steroid dienone is 2. The van der Waals surface area contributed by atoms with Crippen LogP contribution < -0.4 is 10.6 Å². The molecular formula is C19H25FN4OS. The van der Waals surface area contributed by atoms with Crippen LogP contribution in [0.5, 0.6) is 0 Å². The zero-order chi connectivity index (χ0) is 17.9. The van der Waals surface area contributed by atoms with Crippen LogP contribution in [0.3, 0.4) is 0 Å². The smallest absolute Gasteiger partial charge is 0.241 e. The van der Waals surface area contributed by atoms with E-state index in [0.717, 1.165) is 32.5 Å². The van der Waals surface area contributed by atoms with E-state index in [1.165, 1.54) is 25.3 Å². The van der Waals surface area contributed by atoms with Crippen molar-refractivity contribution in [1.29, 1.82) is 0 Å². The van der Waals surface area contributed by atoms with Crippen LogP contribution in [0.2, 0.25) is 0 Å². The Balaban J connectivity index is 1.45. The number of nitrogens with one attached hydrogen (secondary N) is 2. The van der Waals surface area contributed by atoms with E-state index in [1.54, 1.807) is 6.08 Å². The topological polar surface area (TPSA) is 65.8 Å². The minimum Gasteiger partial charge on any atom is -0.317 e. The number of thioether (sulfide) groups is 1. The van der Waals surface area contributed by atoms with Crippen molar-refractivity contribution >= 4 is 29.2 Å². The van der Waals surface area contributed by atoms with Crippen molar-refractivity contribution in [2.24, 2.45) is 21.8 Å².